The number of aromatic nitrogens is 1. The third-order valence-corrected chi connectivity index (χ3v) is 7.38. The summed E-state index contributed by atoms with van der Waals surface area (Å²) in [6.45, 7) is 9.09. The van der Waals surface area contributed by atoms with Crippen molar-refractivity contribution in [1.82, 2.24) is 15.2 Å². The fourth-order valence-electron chi connectivity index (χ4n) is 4.64. The Hall–Kier alpha value is -3.24. The van der Waals surface area contributed by atoms with Gasteiger partial charge in [0.05, 0.1) is 32.2 Å². The molecule has 0 saturated heterocycles. The van der Waals surface area contributed by atoms with E-state index in [1.54, 1.807) is 25.3 Å². The monoisotopic (exact) mass is 614 g/mol. The summed E-state index contributed by atoms with van der Waals surface area (Å²) in [7, 11) is 3.23. The molecule has 4 rings (SSSR count). The Morgan fingerprint density at radius 1 is 1.18 bits per heavy atom. The van der Waals surface area contributed by atoms with Crippen LogP contribution in [-0.2, 0) is 23.2 Å². The second-order valence-corrected chi connectivity index (χ2v) is 11.1. The molecular formula is C29H35BrN4O4S. The zero-order chi connectivity index (χ0) is 27.6. The molecule has 3 aromatic rings. The number of Topliss-reactive ketones (excluding diaryl/α,β-unsaturated/α-hetero) is 1. The van der Waals surface area contributed by atoms with E-state index in [1.165, 1.54) is 11.3 Å². The van der Waals surface area contributed by atoms with Crippen LogP contribution in [0.2, 0.25) is 0 Å². The molecule has 0 bridgehead atoms. The molecule has 1 aliphatic rings. The van der Waals surface area contributed by atoms with Crippen LogP contribution in [0, 0.1) is 5.41 Å². The Morgan fingerprint density at radius 2 is 1.92 bits per heavy atom. The first-order valence-corrected chi connectivity index (χ1v) is 13.4. The minimum Gasteiger partial charge on any atom is -0.496 e. The number of thiazole rings is 1. The molecule has 0 unspecified atom stereocenters. The van der Waals surface area contributed by atoms with Gasteiger partial charge in [0.15, 0.2) is 5.78 Å². The van der Waals surface area contributed by atoms with Crippen LogP contribution < -0.4 is 14.8 Å². The van der Waals surface area contributed by atoms with Gasteiger partial charge in [0.25, 0.3) is 0 Å². The molecule has 0 radical (unpaired) electrons. The molecule has 1 aromatic heterocycles. The van der Waals surface area contributed by atoms with Crippen molar-refractivity contribution in [2.75, 3.05) is 27.3 Å². The number of amidine groups is 1. The highest BCUT2D eigenvalue weighted by atomic mass is 79.9. The van der Waals surface area contributed by atoms with Crippen molar-refractivity contribution in [2.24, 2.45) is 0 Å². The number of carbonyl (C=O) groups excluding carboxylic acids is 2. The number of fused-ring (bicyclic) bond motifs is 1. The summed E-state index contributed by atoms with van der Waals surface area (Å²) in [5.41, 5.74) is 4.35. The third-order valence-electron chi connectivity index (χ3n) is 6.57. The fraction of sp³-hybridized carbons (Fsp3) is 0.379. The molecule has 8 nitrogen and oxygen atoms in total. The van der Waals surface area contributed by atoms with Crippen LogP contribution in [-0.4, -0.2) is 54.7 Å². The van der Waals surface area contributed by atoms with Gasteiger partial charge in [-0.05, 0) is 42.2 Å². The Labute approximate surface area is 244 Å². The molecule has 208 valence electrons. The van der Waals surface area contributed by atoms with Crippen molar-refractivity contribution < 1.29 is 19.1 Å². The molecule has 10 heteroatoms. The number of nitrogens with zero attached hydrogens (tertiary/aromatic N) is 2. The van der Waals surface area contributed by atoms with E-state index < -0.39 is 0 Å². The molecule has 1 aliphatic heterocycles. The van der Waals surface area contributed by atoms with Crippen molar-refractivity contribution in [2.45, 2.75) is 46.1 Å². The standard InChI is InChI=1S/C29H34N4O4S.BrH/c1-7-37-24-13-19-15-33(27(30)20(19)11-18(24)14-25(35)31-5)16-23(34)17-10-21(28-32-8-9-38-28)26(36-6)22(12-17)29(2,3)4;/h8-13,30H,7,14-16H2,1-6H3,(H,31,35);1H. The molecular weight excluding hydrogens is 580 g/mol. The number of amides is 1. The lowest BCUT2D eigenvalue weighted by molar-refractivity contribution is -0.119. The van der Waals surface area contributed by atoms with Crippen LogP contribution in [0.5, 0.6) is 11.5 Å². The average Bonchev–Trinajstić information content (AvgIpc) is 3.51. The number of halogens is 1. The first kappa shape index (κ1) is 30.3. The summed E-state index contributed by atoms with van der Waals surface area (Å²) in [4.78, 5) is 31.9. The Morgan fingerprint density at radius 3 is 2.51 bits per heavy atom. The van der Waals surface area contributed by atoms with Gasteiger partial charge in [0.1, 0.15) is 22.3 Å². The number of rotatable bonds is 9. The van der Waals surface area contributed by atoms with Crippen LogP contribution in [0.1, 0.15) is 60.3 Å². The van der Waals surface area contributed by atoms with Gasteiger partial charge in [-0.25, -0.2) is 4.98 Å². The summed E-state index contributed by atoms with van der Waals surface area (Å²) >= 11 is 1.50. The van der Waals surface area contributed by atoms with E-state index >= 15 is 0 Å². The van der Waals surface area contributed by atoms with Gasteiger partial charge in [0, 0.05) is 47.4 Å². The van der Waals surface area contributed by atoms with Crippen LogP contribution in [0.25, 0.3) is 10.6 Å². The predicted octanol–water partition coefficient (Wildman–Crippen LogP) is 5.41. The quantitative estimate of drug-likeness (QED) is 0.312. The molecule has 39 heavy (non-hydrogen) atoms. The molecule has 0 spiro atoms. The van der Waals surface area contributed by atoms with E-state index in [2.05, 4.69) is 31.1 Å². The van der Waals surface area contributed by atoms with Gasteiger partial charge < -0.3 is 19.7 Å². The summed E-state index contributed by atoms with van der Waals surface area (Å²) in [6.07, 6.45) is 1.90. The van der Waals surface area contributed by atoms with E-state index in [0.29, 0.717) is 30.0 Å². The van der Waals surface area contributed by atoms with E-state index in [-0.39, 0.29) is 52.9 Å². The normalized spacial score (nSPS) is 12.6. The second-order valence-electron chi connectivity index (χ2n) is 10.2. The van der Waals surface area contributed by atoms with Gasteiger partial charge >= 0.3 is 0 Å². The molecule has 2 heterocycles. The van der Waals surface area contributed by atoms with Crippen molar-refractivity contribution in [3.8, 4) is 22.1 Å². The Bertz CT molecular complexity index is 1380. The summed E-state index contributed by atoms with van der Waals surface area (Å²) in [5, 5.41) is 14.1. The predicted molar refractivity (Wildman–Crippen MR) is 160 cm³/mol. The topological polar surface area (TPSA) is 105 Å². The lowest BCUT2D eigenvalue weighted by Crippen LogP contribution is -2.30. The van der Waals surface area contributed by atoms with Crippen LogP contribution in [0.4, 0.5) is 0 Å². The maximum absolute atomic E-state index is 13.6. The highest BCUT2D eigenvalue weighted by molar-refractivity contribution is 8.93. The maximum atomic E-state index is 13.6. The summed E-state index contributed by atoms with van der Waals surface area (Å²) in [5.74, 6) is 1.39. The third kappa shape index (κ3) is 6.33. The van der Waals surface area contributed by atoms with Gasteiger partial charge in [-0.15, -0.1) is 28.3 Å². The van der Waals surface area contributed by atoms with Gasteiger partial charge in [-0.1, -0.05) is 20.8 Å². The molecule has 0 aliphatic carbocycles. The van der Waals surface area contributed by atoms with Crippen LogP contribution >= 0.6 is 28.3 Å². The van der Waals surface area contributed by atoms with Gasteiger partial charge in [-0.2, -0.15) is 0 Å². The molecule has 2 N–H and O–H groups in total. The van der Waals surface area contributed by atoms with Crippen molar-refractivity contribution >= 4 is 45.8 Å². The van der Waals surface area contributed by atoms with Gasteiger partial charge in [-0.3, -0.25) is 15.0 Å². The molecule has 0 atom stereocenters. The molecule has 0 fully saturated rings. The minimum atomic E-state index is -0.263. The highest BCUT2D eigenvalue weighted by Gasteiger charge is 2.30. The number of hydrogen-bond donors (Lipinski definition) is 2. The van der Waals surface area contributed by atoms with Crippen molar-refractivity contribution in [3.05, 3.63) is 63.7 Å². The lowest BCUT2D eigenvalue weighted by atomic mass is 9.83. The number of hydrogen-bond acceptors (Lipinski definition) is 7. The second kappa shape index (κ2) is 12.3. The number of carbonyl (C=O) groups is 2. The zero-order valence-electron chi connectivity index (χ0n) is 23.1. The molecule has 0 saturated carbocycles. The fourth-order valence-corrected chi connectivity index (χ4v) is 5.30. The maximum Gasteiger partial charge on any atom is 0.224 e. The van der Waals surface area contributed by atoms with Crippen molar-refractivity contribution in [3.63, 3.8) is 0 Å². The number of likely N-dealkylation sites (N-methyl/N-ethyl adjacent to an activating group) is 1. The van der Waals surface area contributed by atoms with E-state index in [1.807, 2.05) is 36.6 Å². The number of nitrogens with one attached hydrogen (secondary N) is 2. The summed E-state index contributed by atoms with van der Waals surface area (Å²) in [6, 6.07) is 7.48. The van der Waals surface area contributed by atoms with Crippen LogP contribution in [0.15, 0.2) is 35.8 Å². The average molecular weight is 616 g/mol. The van der Waals surface area contributed by atoms with Gasteiger partial charge in [0.2, 0.25) is 5.91 Å². The van der Waals surface area contributed by atoms with E-state index in [0.717, 1.165) is 33.0 Å². The van der Waals surface area contributed by atoms with E-state index in [4.69, 9.17) is 14.9 Å². The van der Waals surface area contributed by atoms with Crippen LogP contribution in [0.3, 0.4) is 0 Å². The SMILES string of the molecule is Br.CCOc1cc2c(cc1CC(=O)NC)C(=N)N(CC(=O)c1cc(-c3nccs3)c(OC)c(C(C)(C)C)c1)C2. The lowest BCUT2D eigenvalue weighted by Gasteiger charge is -2.25. The largest absolute Gasteiger partial charge is 0.496 e. The first-order chi connectivity index (χ1) is 18.1. The minimum absolute atomic E-state index is 0. The molecule has 2 aromatic carbocycles. The Balaban J connectivity index is 0.00000420. The number of ether oxygens (including phenoxy) is 2. The van der Waals surface area contributed by atoms with E-state index in [9.17, 15) is 9.59 Å². The Kier molecular flexibility index (Phi) is 9.55. The highest BCUT2D eigenvalue weighted by Crippen LogP contribution is 2.41. The first-order valence-electron chi connectivity index (χ1n) is 12.6. The zero-order valence-corrected chi connectivity index (χ0v) is 25.7. The van der Waals surface area contributed by atoms with Crippen molar-refractivity contribution in [1.29, 1.82) is 5.41 Å². The molecule has 1 amide bonds. The number of methoxy groups -OCH3 is 1. The summed E-state index contributed by atoms with van der Waals surface area (Å²) < 4.78 is 11.6. The smallest absolute Gasteiger partial charge is 0.224 e. The number of ketones is 1. The number of benzene rings is 2.